The molecule has 1 amide bonds. The normalized spacial score (nSPS) is 11.5. The van der Waals surface area contributed by atoms with Gasteiger partial charge in [-0.3, -0.25) is 4.79 Å². The summed E-state index contributed by atoms with van der Waals surface area (Å²) >= 11 is 13.4. The third kappa shape index (κ3) is 5.38. The van der Waals surface area contributed by atoms with Gasteiger partial charge in [-0.25, -0.2) is 5.43 Å². The second-order valence-electron chi connectivity index (χ2n) is 6.06. The molecule has 3 aromatic rings. The van der Waals surface area contributed by atoms with Crippen molar-refractivity contribution >= 4 is 46.6 Å². The lowest BCUT2D eigenvalue weighted by molar-refractivity contribution is -0.118. The second kappa shape index (κ2) is 9.91. The maximum Gasteiger partial charge on any atom is 0.250 e. The van der Waals surface area contributed by atoms with Crippen molar-refractivity contribution in [1.82, 2.24) is 20.2 Å². The van der Waals surface area contributed by atoms with E-state index in [9.17, 15) is 4.79 Å². The molecule has 0 bridgehead atoms. The molecule has 1 heterocycles. The first-order chi connectivity index (χ1) is 14.0. The molecule has 0 spiro atoms. The van der Waals surface area contributed by atoms with E-state index in [-0.39, 0.29) is 11.7 Å². The van der Waals surface area contributed by atoms with Gasteiger partial charge in [0, 0.05) is 22.7 Å². The van der Waals surface area contributed by atoms with Gasteiger partial charge < -0.3 is 4.57 Å². The number of nitrogens with one attached hydrogen (secondary N) is 1. The molecule has 1 aromatic heterocycles. The Labute approximate surface area is 183 Å². The van der Waals surface area contributed by atoms with Crippen LogP contribution in [0.1, 0.15) is 19.4 Å². The van der Waals surface area contributed by atoms with Gasteiger partial charge in [-0.05, 0) is 26.0 Å². The fourth-order valence-corrected chi connectivity index (χ4v) is 3.97. The first kappa shape index (κ1) is 21.4. The van der Waals surface area contributed by atoms with E-state index in [0.29, 0.717) is 33.0 Å². The quantitative estimate of drug-likeness (QED) is 0.317. The van der Waals surface area contributed by atoms with E-state index in [0.717, 1.165) is 11.4 Å². The lowest BCUT2D eigenvalue weighted by Crippen LogP contribution is -2.21. The van der Waals surface area contributed by atoms with Gasteiger partial charge in [0.25, 0.3) is 5.91 Å². The Balaban J connectivity index is 1.63. The number of nitrogens with zero attached hydrogens (tertiary/aromatic N) is 4. The predicted octanol–water partition coefficient (Wildman–Crippen LogP) is 4.90. The first-order valence-corrected chi connectivity index (χ1v) is 10.6. The molecule has 0 aliphatic heterocycles. The van der Waals surface area contributed by atoms with Crippen LogP contribution in [0, 0.1) is 0 Å². The number of hydrogen-bond acceptors (Lipinski definition) is 5. The first-order valence-electron chi connectivity index (χ1n) is 8.89. The van der Waals surface area contributed by atoms with Crippen LogP contribution in [-0.4, -0.2) is 32.1 Å². The van der Waals surface area contributed by atoms with Crippen molar-refractivity contribution in [2.45, 2.75) is 25.5 Å². The van der Waals surface area contributed by atoms with Gasteiger partial charge in [0.2, 0.25) is 0 Å². The lowest BCUT2D eigenvalue weighted by atomic mass is 10.1. The number of carbonyl (C=O) groups excluding carboxylic acids is 1. The smallest absolute Gasteiger partial charge is 0.250 e. The van der Waals surface area contributed by atoms with Crippen molar-refractivity contribution < 1.29 is 4.79 Å². The number of hydrogen-bond donors (Lipinski definition) is 1. The monoisotopic (exact) mass is 447 g/mol. The third-order valence-corrected chi connectivity index (χ3v) is 5.58. The Bertz CT molecular complexity index is 1040. The van der Waals surface area contributed by atoms with Gasteiger partial charge in [0.1, 0.15) is 0 Å². The summed E-state index contributed by atoms with van der Waals surface area (Å²) in [6.07, 6.45) is 0. The van der Waals surface area contributed by atoms with E-state index < -0.39 is 0 Å². The second-order valence-corrected chi connectivity index (χ2v) is 7.85. The number of benzene rings is 2. The summed E-state index contributed by atoms with van der Waals surface area (Å²) in [7, 11) is 0. The molecule has 0 unspecified atom stereocenters. The average molecular weight is 448 g/mol. The maximum absolute atomic E-state index is 12.2. The zero-order chi connectivity index (χ0) is 20.8. The number of aromatic nitrogens is 3. The summed E-state index contributed by atoms with van der Waals surface area (Å²) in [6, 6.07) is 15.0. The Morgan fingerprint density at radius 1 is 1.17 bits per heavy atom. The fourth-order valence-electron chi connectivity index (χ4n) is 2.63. The number of thioether (sulfide) groups is 1. The van der Waals surface area contributed by atoms with Crippen LogP contribution in [0.5, 0.6) is 0 Å². The van der Waals surface area contributed by atoms with Crippen molar-refractivity contribution in [3.05, 3.63) is 64.1 Å². The van der Waals surface area contributed by atoms with Crippen LogP contribution in [0.25, 0.3) is 11.4 Å². The molecule has 0 aliphatic carbocycles. The highest BCUT2D eigenvalue weighted by atomic mass is 35.5. The fraction of sp³-hybridized carbons (Fsp3) is 0.200. The maximum atomic E-state index is 12.2. The van der Waals surface area contributed by atoms with Gasteiger partial charge >= 0.3 is 0 Å². The minimum absolute atomic E-state index is 0.165. The van der Waals surface area contributed by atoms with E-state index in [2.05, 4.69) is 20.7 Å². The summed E-state index contributed by atoms with van der Waals surface area (Å²) < 4.78 is 1.98. The Kier molecular flexibility index (Phi) is 7.30. The van der Waals surface area contributed by atoms with Crippen molar-refractivity contribution in [3.63, 3.8) is 0 Å². The Hall–Kier alpha value is -2.35. The molecular weight excluding hydrogens is 429 g/mol. The van der Waals surface area contributed by atoms with Crippen molar-refractivity contribution in [2.24, 2.45) is 5.10 Å². The van der Waals surface area contributed by atoms with Gasteiger partial charge in [-0.15, -0.1) is 10.2 Å². The zero-order valence-electron chi connectivity index (χ0n) is 15.9. The highest BCUT2D eigenvalue weighted by Crippen LogP contribution is 2.24. The minimum Gasteiger partial charge on any atom is -0.302 e. The van der Waals surface area contributed by atoms with E-state index >= 15 is 0 Å². The van der Waals surface area contributed by atoms with Gasteiger partial charge in [0.05, 0.1) is 16.5 Å². The molecule has 150 valence electrons. The van der Waals surface area contributed by atoms with Crippen LogP contribution >= 0.6 is 35.0 Å². The van der Waals surface area contributed by atoms with Crippen LogP contribution in [0.15, 0.2) is 58.8 Å². The molecule has 2 aromatic carbocycles. The zero-order valence-corrected chi connectivity index (χ0v) is 18.2. The van der Waals surface area contributed by atoms with E-state index in [1.165, 1.54) is 11.8 Å². The molecule has 9 heteroatoms. The summed E-state index contributed by atoms with van der Waals surface area (Å²) in [5.74, 6) is 0.700. The van der Waals surface area contributed by atoms with Crippen molar-refractivity contribution in [3.8, 4) is 11.4 Å². The van der Waals surface area contributed by atoms with Crippen LogP contribution in [0.4, 0.5) is 0 Å². The van der Waals surface area contributed by atoms with Crippen LogP contribution in [0.2, 0.25) is 10.0 Å². The van der Waals surface area contributed by atoms with Crippen LogP contribution in [0.3, 0.4) is 0 Å². The highest BCUT2D eigenvalue weighted by molar-refractivity contribution is 7.99. The molecule has 1 N–H and O–H groups in total. The van der Waals surface area contributed by atoms with Crippen LogP contribution < -0.4 is 5.43 Å². The molecule has 0 saturated heterocycles. The molecule has 3 rings (SSSR count). The Morgan fingerprint density at radius 2 is 1.93 bits per heavy atom. The van der Waals surface area contributed by atoms with Gasteiger partial charge in [0.15, 0.2) is 11.0 Å². The number of halogens is 2. The van der Waals surface area contributed by atoms with Crippen molar-refractivity contribution in [2.75, 3.05) is 5.75 Å². The number of rotatable bonds is 7. The van der Waals surface area contributed by atoms with E-state index in [4.69, 9.17) is 23.2 Å². The van der Waals surface area contributed by atoms with Crippen molar-refractivity contribution in [1.29, 1.82) is 0 Å². The molecule has 29 heavy (non-hydrogen) atoms. The molecule has 0 aliphatic rings. The lowest BCUT2D eigenvalue weighted by Gasteiger charge is -2.07. The topological polar surface area (TPSA) is 72.2 Å². The summed E-state index contributed by atoms with van der Waals surface area (Å²) in [5, 5.41) is 14.3. The van der Waals surface area contributed by atoms with Crippen LogP contribution in [-0.2, 0) is 11.3 Å². The summed E-state index contributed by atoms with van der Waals surface area (Å²) in [4.78, 5) is 12.2. The Morgan fingerprint density at radius 3 is 2.62 bits per heavy atom. The standard InChI is InChI=1S/C20H19Cl2N5OS/c1-3-27-19(14-7-5-4-6-8-14)25-26-20(27)29-12-18(28)24-23-13(2)16-10-9-15(21)11-17(16)22/h4-11H,3,12H2,1-2H3,(H,24,28)/b23-13-. The number of carbonyl (C=O) groups is 1. The molecular formula is C20H19Cl2N5OS. The van der Waals surface area contributed by atoms with E-state index in [1.54, 1.807) is 25.1 Å². The van der Waals surface area contributed by atoms with Gasteiger partial charge in [-0.1, -0.05) is 71.4 Å². The molecule has 0 atom stereocenters. The summed E-state index contributed by atoms with van der Waals surface area (Å²) in [6.45, 7) is 4.49. The number of amides is 1. The largest absolute Gasteiger partial charge is 0.302 e. The SMILES string of the molecule is CCn1c(SCC(=O)N/N=C(/C)c2ccc(Cl)cc2Cl)nnc1-c1ccccc1. The van der Waals surface area contributed by atoms with E-state index in [1.807, 2.05) is 41.8 Å². The molecule has 6 nitrogen and oxygen atoms in total. The highest BCUT2D eigenvalue weighted by Gasteiger charge is 2.14. The average Bonchev–Trinajstić information content (AvgIpc) is 3.14. The third-order valence-electron chi connectivity index (χ3n) is 4.07. The summed E-state index contributed by atoms with van der Waals surface area (Å²) in [5.41, 5.74) is 4.83. The molecule has 0 radical (unpaired) electrons. The van der Waals surface area contributed by atoms with Gasteiger partial charge in [-0.2, -0.15) is 5.10 Å². The molecule has 0 fully saturated rings. The molecule has 0 saturated carbocycles. The minimum atomic E-state index is -0.244. The predicted molar refractivity (Wildman–Crippen MR) is 119 cm³/mol. The number of hydrazone groups is 1.